The highest BCUT2D eigenvalue weighted by Gasteiger charge is 2.24. The number of ether oxygens (including phenoxy) is 1. The Morgan fingerprint density at radius 3 is 2.41 bits per heavy atom. The van der Waals surface area contributed by atoms with Crippen molar-refractivity contribution in [1.82, 2.24) is 9.62 Å². The molecule has 0 aliphatic rings. The van der Waals surface area contributed by atoms with E-state index in [2.05, 4.69) is 17.4 Å². The summed E-state index contributed by atoms with van der Waals surface area (Å²) in [5.74, 6) is -0.106. The van der Waals surface area contributed by atoms with Crippen LogP contribution in [0.3, 0.4) is 0 Å². The molecule has 0 radical (unpaired) electrons. The second kappa shape index (κ2) is 9.01. The zero-order valence-corrected chi connectivity index (χ0v) is 16.9. The van der Waals surface area contributed by atoms with Crippen LogP contribution in [0.2, 0.25) is 0 Å². The number of nitrogens with one attached hydrogen (secondary N) is 1. The SMILES string of the molecule is COc1ccc(C(=O)N[C@H](C)CCc2ccccc2)cc1S(=O)(=O)N(C)C. The van der Waals surface area contributed by atoms with Gasteiger partial charge in [0.25, 0.3) is 5.91 Å². The van der Waals surface area contributed by atoms with Crippen molar-refractivity contribution in [3.63, 3.8) is 0 Å². The van der Waals surface area contributed by atoms with Gasteiger partial charge in [-0.15, -0.1) is 0 Å². The van der Waals surface area contributed by atoms with Crippen LogP contribution in [0, 0.1) is 0 Å². The minimum Gasteiger partial charge on any atom is -0.495 e. The molecule has 6 nitrogen and oxygen atoms in total. The fourth-order valence-corrected chi connectivity index (χ4v) is 3.70. The lowest BCUT2D eigenvalue weighted by Gasteiger charge is -2.17. The Hall–Kier alpha value is -2.38. The molecule has 0 fully saturated rings. The Morgan fingerprint density at radius 1 is 1.15 bits per heavy atom. The predicted molar refractivity (Wildman–Crippen MR) is 106 cm³/mol. The molecule has 1 amide bonds. The summed E-state index contributed by atoms with van der Waals surface area (Å²) >= 11 is 0. The Balaban J connectivity index is 2.12. The number of methoxy groups -OCH3 is 1. The second-order valence-corrected chi connectivity index (χ2v) is 8.67. The van der Waals surface area contributed by atoms with E-state index in [4.69, 9.17) is 4.74 Å². The summed E-state index contributed by atoms with van der Waals surface area (Å²) in [5.41, 5.74) is 1.49. The molecule has 0 heterocycles. The molecule has 2 rings (SSSR count). The van der Waals surface area contributed by atoms with Crippen LogP contribution in [-0.2, 0) is 16.4 Å². The lowest BCUT2D eigenvalue weighted by Crippen LogP contribution is -2.33. The number of amides is 1. The number of carbonyl (C=O) groups excluding carboxylic acids is 1. The largest absolute Gasteiger partial charge is 0.495 e. The highest BCUT2D eigenvalue weighted by atomic mass is 32.2. The summed E-state index contributed by atoms with van der Waals surface area (Å²) in [6.45, 7) is 1.93. The number of carbonyl (C=O) groups is 1. The van der Waals surface area contributed by atoms with Crippen molar-refractivity contribution in [3.05, 3.63) is 59.7 Å². The van der Waals surface area contributed by atoms with Gasteiger partial charge in [0.1, 0.15) is 10.6 Å². The van der Waals surface area contributed by atoms with E-state index in [1.54, 1.807) is 6.07 Å². The normalized spacial score (nSPS) is 12.6. The zero-order chi connectivity index (χ0) is 20.0. The van der Waals surface area contributed by atoms with Gasteiger partial charge in [0.15, 0.2) is 0 Å². The summed E-state index contributed by atoms with van der Waals surface area (Å²) < 4.78 is 31.2. The Morgan fingerprint density at radius 2 is 1.81 bits per heavy atom. The lowest BCUT2D eigenvalue weighted by molar-refractivity contribution is 0.0938. The van der Waals surface area contributed by atoms with Gasteiger partial charge in [0, 0.05) is 25.7 Å². The predicted octanol–water partition coefficient (Wildman–Crippen LogP) is 2.70. The second-order valence-electron chi connectivity index (χ2n) is 6.55. The van der Waals surface area contributed by atoms with Crippen LogP contribution in [0.5, 0.6) is 5.75 Å². The molecule has 0 aliphatic heterocycles. The van der Waals surface area contributed by atoms with Crippen LogP contribution >= 0.6 is 0 Å². The molecule has 0 saturated heterocycles. The van der Waals surface area contributed by atoms with E-state index in [0.29, 0.717) is 0 Å². The number of hydrogen-bond donors (Lipinski definition) is 1. The van der Waals surface area contributed by atoms with Crippen molar-refractivity contribution in [1.29, 1.82) is 0 Å². The van der Waals surface area contributed by atoms with Crippen LogP contribution in [-0.4, -0.2) is 45.9 Å². The molecule has 146 valence electrons. The van der Waals surface area contributed by atoms with Crippen LogP contribution in [0.1, 0.15) is 29.3 Å². The molecule has 0 spiro atoms. The summed E-state index contributed by atoms with van der Waals surface area (Å²) in [6, 6.07) is 14.4. The first-order valence-corrected chi connectivity index (χ1v) is 10.1. The van der Waals surface area contributed by atoms with E-state index in [1.165, 1.54) is 38.9 Å². The summed E-state index contributed by atoms with van der Waals surface area (Å²) in [4.78, 5) is 12.5. The molecule has 1 N–H and O–H groups in total. The van der Waals surface area contributed by atoms with E-state index < -0.39 is 10.0 Å². The standard InChI is InChI=1S/C20H26N2O4S/c1-15(10-11-16-8-6-5-7-9-16)21-20(23)17-12-13-18(26-4)19(14-17)27(24,25)22(2)3/h5-9,12-15H,10-11H2,1-4H3,(H,21,23)/t15-/m1/s1. The van der Waals surface area contributed by atoms with Gasteiger partial charge in [0.05, 0.1) is 7.11 Å². The van der Waals surface area contributed by atoms with Gasteiger partial charge in [-0.25, -0.2) is 12.7 Å². The third-order valence-electron chi connectivity index (χ3n) is 4.27. The minimum absolute atomic E-state index is 0.0282. The number of hydrogen-bond acceptors (Lipinski definition) is 4. The molecule has 0 bridgehead atoms. The fourth-order valence-electron chi connectivity index (χ4n) is 2.62. The first-order chi connectivity index (χ1) is 12.8. The highest BCUT2D eigenvalue weighted by Crippen LogP contribution is 2.27. The third kappa shape index (κ3) is 5.30. The molecular weight excluding hydrogens is 364 g/mol. The Bertz CT molecular complexity index is 880. The van der Waals surface area contributed by atoms with Gasteiger partial charge in [-0.05, 0) is 43.5 Å². The molecule has 27 heavy (non-hydrogen) atoms. The van der Waals surface area contributed by atoms with E-state index in [1.807, 2.05) is 25.1 Å². The smallest absolute Gasteiger partial charge is 0.251 e. The van der Waals surface area contributed by atoms with Crippen molar-refractivity contribution in [3.8, 4) is 5.75 Å². The van der Waals surface area contributed by atoms with Crippen molar-refractivity contribution in [2.75, 3.05) is 21.2 Å². The average molecular weight is 391 g/mol. The number of aryl methyl sites for hydroxylation is 1. The molecule has 0 aromatic heterocycles. The molecule has 2 aromatic rings. The Kier molecular flexibility index (Phi) is 6.98. The quantitative estimate of drug-likeness (QED) is 0.752. The van der Waals surface area contributed by atoms with E-state index in [0.717, 1.165) is 17.1 Å². The first kappa shape index (κ1) is 20.9. The van der Waals surface area contributed by atoms with Gasteiger partial charge in [-0.2, -0.15) is 0 Å². The van der Waals surface area contributed by atoms with Gasteiger partial charge in [0.2, 0.25) is 10.0 Å². The maximum absolute atomic E-state index is 12.6. The van der Waals surface area contributed by atoms with Crippen molar-refractivity contribution in [2.24, 2.45) is 0 Å². The van der Waals surface area contributed by atoms with Crippen molar-refractivity contribution < 1.29 is 17.9 Å². The zero-order valence-electron chi connectivity index (χ0n) is 16.1. The van der Waals surface area contributed by atoms with Gasteiger partial charge in [-0.1, -0.05) is 30.3 Å². The maximum atomic E-state index is 12.6. The molecule has 2 aromatic carbocycles. The van der Waals surface area contributed by atoms with Gasteiger partial charge in [-0.3, -0.25) is 4.79 Å². The number of sulfonamides is 1. The molecule has 0 unspecified atom stereocenters. The van der Waals surface area contributed by atoms with E-state index in [-0.39, 0.29) is 28.2 Å². The summed E-state index contributed by atoms with van der Waals surface area (Å²) in [7, 11) is 0.552. The topological polar surface area (TPSA) is 75.7 Å². The average Bonchev–Trinajstić information content (AvgIpc) is 2.66. The monoisotopic (exact) mass is 390 g/mol. The van der Waals surface area contributed by atoms with Gasteiger partial charge < -0.3 is 10.1 Å². The number of benzene rings is 2. The third-order valence-corrected chi connectivity index (χ3v) is 6.11. The van der Waals surface area contributed by atoms with Crippen LogP contribution in [0.15, 0.2) is 53.4 Å². The summed E-state index contributed by atoms with van der Waals surface area (Å²) in [6.07, 6.45) is 1.64. The molecule has 0 saturated carbocycles. The van der Waals surface area contributed by atoms with Crippen LogP contribution < -0.4 is 10.1 Å². The van der Waals surface area contributed by atoms with E-state index in [9.17, 15) is 13.2 Å². The minimum atomic E-state index is -3.72. The van der Waals surface area contributed by atoms with Crippen molar-refractivity contribution in [2.45, 2.75) is 30.7 Å². The molecular formula is C20H26N2O4S. The van der Waals surface area contributed by atoms with Gasteiger partial charge >= 0.3 is 0 Å². The Labute approximate surface area is 161 Å². The van der Waals surface area contributed by atoms with Crippen LogP contribution in [0.25, 0.3) is 0 Å². The molecule has 0 aliphatic carbocycles. The highest BCUT2D eigenvalue weighted by molar-refractivity contribution is 7.89. The van der Waals surface area contributed by atoms with Crippen LogP contribution in [0.4, 0.5) is 0 Å². The molecule has 1 atom stereocenters. The summed E-state index contributed by atoms with van der Waals surface area (Å²) in [5, 5.41) is 2.92. The maximum Gasteiger partial charge on any atom is 0.251 e. The number of nitrogens with zero attached hydrogens (tertiary/aromatic N) is 1. The number of rotatable bonds is 8. The lowest BCUT2D eigenvalue weighted by atomic mass is 10.1. The fraction of sp³-hybridized carbons (Fsp3) is 0.350. The first-order valence-electron chi connectivity index (χ1n) is 8.71. The van der Waals surface area contributed by atoms with E-state index >= 15 is 0 Å². The van der Waals surface area contributed by atoms with Crippen molar-refractivity contribution >= 4 is 15.9 Å². The molecule has 7 heteroatoms.